The molecule has 0 saturated carbocycles. The maximum Gasteiger partial charge on any atom is 0.293 e. The number of rotatable bonds is 6. The zero-order valence-corrected chi connectivity index (χ0v) is 17.4. The molecule has 2 amide bonds. The molecule has 3 aromatic rings. The molecule has 4 nitrogen and oxygen atoms in total. The summed E-state index contributed by atoms with van der Waals surface area (Å²) in [5, 5.41) is 0.738. The number of nitrogens with zero attached hydrogens (tertiary/aromatic N) is 2. The highest BCUT2D eigenvalue weighted by Crippen LogP contribution is 2.35. The number of aryl methyl sites for hydroxylation is 1. The smallest absolute Gasteiger partial charge is 0.293 e. The van der Waals surface area contributed by atoms with Gasteiger partial charge in [-0.05, 0) is 47.5 Å². The van der Waals surface area contributed by atoms with Crippen LogP contribution in [0.2, 0.25) is 0 Å². The number of para-hydroxylation sites is 1. The number of hydrogen-bond acceptors (Lipinski definition) is 3. The molecule has 0 aliphatic carbocycles. The molecule has 6 heteroatoms. The predicted molar refractivity (Wildman–Crippen MR) is 120 cm³/mol. The Morgan fingerprint density at radius 2 is 1.90 bits per heavy atom. The van der Waals surface area contributed by atoms with Gasteiger partial charge in [-0.2, -0.15) is 0 Å². The summed E-state index contributed by atoms with van der Waals surface area (Å²) >= 11 is 0.950. The minimum absolute atomic E-state index is 0.203. The Labute approximate surface area is 178 Å². The molecule has 1 aliphatic heterocycles. The van der Waals surface area contributed by atoms with E-state index in [1.807, 2.05) is 18.3 Å². The van der Waals surface area contributed by atoms with Crippen molar-refractivity contribution in [3.8, 4) is 0 Å². The van der Waals surface area contributed by atoms with Gasteiger partial charge in [-0.3, -0.25) is 14.5 Å². The van der Waals surface area contributed by atoms with E-state index in [9.17, 15) is 14.0 Å². The Morgan fingerprint density at radius 1 is 1.13 bits per heavy atom. The second-order valence-corrected chi connectivity index (χ2v) is 8.08. The molecule has 0 spiro atoms. The molecular formula is C24H21FN2O2S. The van der Waals surface area contributed by atoms with Gasteiger partial charge in [0.25, 0.3) is 11.1 Å². The first kappa shape index (κ1) is 20.2. The van der Waals surface area contributed by atoms with Gasteiger partial charge < -0.3 is 4.57 Å². The van der Waals surface area contributed by atoms with Gasteiger partial charge in [0.15, 0.2) is 0 Å². The Hall–Kier alpha value is -3.12. The number of amides is 2. The fourth-order valence-corrected chi connectivity index (χ4v) is 4.54. The van der Waals surface area contributed by atoms with Crippen LogP contribution in [-0.2, 0) is 17.8 Å². The van der Waals surface area contributed by atoms with Gasteiger partial charge >= 0.3 is 0 Å². The van der Waals surface area contributed by atoms with Crippen LogP contribution >= 0.6 is 11.8 Å². The van der Waals surface area contributed by atoms with Crippen LogP contribution in [0, 0.1) is 5.82 Å². The number of hydrogen-bond donors (Lipinski definition) is 0. The third kappa shape index (κ3) is 3.71. The molecule has 4 rings (SSSR count). The van der Waals surface area contributed by atoms with Crippen LogP contribution in [-0.4, -0.2) is 27.2 Å². The van der Waals surface area contributed by atoms with E-state index in [2.05, 4.69) is 24.1 Å². The highest BCUT2D eigenvalue weighted by atomic mass is 32.2. The number of thioether (sulfide) groups is 1. The topological polar surface area (TPSA) is 42.3 Å². The zero-order chi connectivity index (χ0) is 21.3. The highest BCUT2D eigenvalue weighted by Gasteiger charge is 2.34. The van der Waals surface area contributed by atoms with E-state index in [1.54, 1.807) is 24.3 Å². The van der Waals surface area contributed by atoms with Gasteiger partial charge in [0.1, 0.15) is 5.82 Å². The predicted octanol–water partition coefficient (Wildman–Crippen LogP) is 5.61. The van der Waals surface area contributed by atoms with Gasteiger partial charge in [0, 0.05) is 30.2 Å². The largest absolute Gasteiger partial charge is 0.342 e. The number of benzene rings is 2. The molecule has 152 valence electrons. The summed E-state index contributed by atoms with van der Waals surface area (Å²) in [5.74, 6) is -0.558. The first-order valence-electron chi connectivity index (χ1n) is 9.73. The normalized spacial score (nSPS) is 15.5. The SMILES string of the molecule is C=CCN1C(=O)S/C(=C\c2cn(Cc3ccc(F)cc3)c3c(CC)cccc23)C1=O. The molecule has 2 heterocycles. The molecule has 1 aromatic heterocycles. The quantitative estimate of drug-likeness (QED) is 0.384. The van der Waals surface area contributed by atoms with E-state index in [-0.39, 0.29) is 23.5 Å². The molecule has 0 bridgehead atoms. The van der Waals surface area contributed by atoms with Crippen molar-refractivity contribution in [2.45, 2.75) is 19.9 Å². The van der Waals surface area contributed by atoms with Crippen LogP contribution in [0.1, 0.15) is 23.6 Å². The maximum atomic E-state index is 13.3. The van der Waals surface area contributed by atoms with E-state index in [0.717, 1.165) is 40.2 Å². The molecule has 1 fully saturated rings. The van der Waals surface area contributed by atoms with Gasteiger partial charge in [-0.1, -0.05) is 43.3 Å². The third-order valence-electron chi connectivity index (χ3n) is 5.13. The second-order valence-electron chi connectivity index (χ2n) is 7.09. The average Bonchev–Trinajstić information content (AvgIpc) is 3.22. The Balaban J connectivity index is 1.79. The molecule has 0 radical (unpaired) electrons. The molecule has 1 aliphatic rings. The molecular weight excluding hydrogens is 399 g/mol. The lowest BCUT2D eigenvalue weighted by Gasteiger charge is -2.09. The van der Waals surface area contributed by atoms with Crippen LogP contribution in [0.25, 0.3) is 17.0 Å². The second kappa shape index (κ2) is 8.32. The minimum Gasteiger partial charge on any atom is -0.342 e. The Bertz CT molecular complexity index is 1180. The lowest BCUT2D eigenvalue weighted by Crippen LogP contribution is -2.27. The van der Waals surface area contributed by atoms with Crippen molar-refractivity contribution in [1.29, 1.82) is 0 Å². The number of fused-ring (bicyclic) bond motifs is 1. The number of halogens is 1. The minimum atomic E-state index is -0.295. The molecule has 30 heavy (non-hydrogen) atoms. The molecule has 0 N–H and O–H groups in total. The number of aromatic nitrogens is 1. The van der Waals surface area contributed by atoms with Crippen LogP contribution in [0.5, 0.6) is 0 Å². The van der Waals surface area contributed by atoms with Crippen LogP contribution in [0.15, 0.2) is 66.2 Å². The standard InChI is InChI=1S/C24H21FN2O2S/c1-3-12-27-23(28)21(30-24(27)29)13-18-15-26(14-16-8-10-19(25)11-9-16)22-17(4-2)6-5-7-20(18)22/h3,5-11,13,15H,1,4,12,14H2,2H3/b21-13-. The highest BCUT2D eigenvalue weighted by molar-refractivity contribution is 8.18. The average molecular weight is 421 g/mol. The Kier molecular flexibility index (Phi) is 5.59. The third-order valence-corrected chi connectivity index (χ3v) is 6.04. The van der Waals surface area contributed by atoms with Crippen LogP contribution in [0.4, 0.5) is 9.18 Å². The lowest BCUT2D eigenvalue weighted by molar-refractivity contribution is -0.122. The molecule has 1 saturated heterocycles. The van der Waals surface area contributed by atoms with Gasteiger partial charge in [0.05, 0.1) is 10.4 Å². The van der Waals surface area contributed by atoms with Gasteiger partial charge in [0.2, 0.25) is 0 Å². The van der Waals surface area contributed by atoms with Crippen molar-refractivity contribution in [2.75, 3.05) is 6.54 Å². The van der Waals surface area contributed by atoms with E-state index in [0.29, 0.717) is 11.4 Å². The Morgan fingerprint density at radius 3 is 2.60 bits per heavy atom. The van der Waals surface area contributed by atoms with E-state index in [1.165, 1.54) is 22.6 Å². The summed E-state index contributed by atoms with van der Waals surface area (Å²) in [4.78, 5) is 26.4. The lowest BCUT2D eigenvalue weighted by atomic mass is 10.1. The van der Waals surface area contributed by atoms with Crippen molar-refractivity contribution in [3.63, 3.8) is 0 Å². The molecule has 2 aromatic carbocycles. The summed E-state index contributed by atoms with van der Waals surface area (Å²) < 4.78 is 15.4. The zero-order valence-electron chi connectivity index (χ0n) is 16.6. The first-order valence-corrected chi connectivity index (χ1v) is 10.5. The van der Waals surface area contributed by atoms with Crippen molar-refractivity contribution in [2.24, 2.45) is 0 Å². The number of imide groups is 1. The number of carbonyl (C=O) groups is 2. The van der Waals surface area contributed by atoms with Crippen molar-refractivity contribution >= 4 is 39.9 Å². The summed E-state index contributed by atoms with van der Waals surface area (Å²) in [5.41, 5.74) is 4.14. The first-order chi connectivity index (χ1) is 14.5. The summed E-state index contributed by atoms with van der Waals surface area (Å²) in [7, 11) is 0. The fourth-order valence-electron chi connectivity index (χ4n) is 3.70. The van der Waals surface area contributed by atoms with Crippen molar-refractivity contribution in [1.82, 2.24) is 9.47 Å². The van der Waals surface area contributed by atoms with Gasteiger partial charge in [-0.15, -0.1) is 6.58 Å². The molecule has 0 atom stereocenters. The summed E-state index contributed by atoms with van der Waals surface area (Å²) in [6.45, 7) is 6.50. The molecule has 0 unspecified atom stereocenters. The monoisotopic (exact) mass is 420 g/mol. The van der Waals surface area contributed by atoms with Crippen molar-refractivity contribution in [3.05, 3.63) is 88.7 Å². The van der Waals surface area contributed by atoms with E-state index < -0.39 is 0 Å². The maximum absolute atomic E-state index is 13.3. The van der Waals surface area contributed by atoms with E-state index >= 15 is 0 Å². The van der Waals surface area contributed by atoms with Crippen LogP contribution in [0.3, 0.4) is 0 Å². The summed E-state index contributed by atoms with van der Waals surface area (Å²) in [6.07, 6.45) is 6.19. The van der Waals surface area contributed by atoms with E-state index in [4.69, 9.17) is 0 Å². The van der Waals surface area contributed by atoms with Crippen molar-refractivity contribution < 1.29 is 14.0 Å². The number of carbonyl (C=O) groups excluding carboxylic acids is 2. The fraction of sp³-hybridized carbons (Fsp3) is 0.167. The van der Waals surface area contributed by atoms with Crippen LogP contribution < -0.4 is 0 Å². The summed E-state index contributed by atoms with van der Waals surface area (Å²) in [6, 6.07) is 12.6. The van der Waals surface area contributed by atoms with Gasteiger partial charge in [-0.25, -0.2) is 4.39 Å².